The van der Waals surface area contributed by atoms with Crippen molar-refractivity contribution in [1.29, 1.82) is 0 Å². The van der Waals surface area contributed by atoms with E-state index in [0.717, 1.165) is 18.0 Å². The Morgan fingerprint density at radius 3 is 2.73 bits per heavy atom. The van der Waals surface area contributed by atoms with Gasteiger partial charge in [-0.3, -0.25) is 0 Å². The van der Waals surface area contributed by atoms with E-state index in [9.17, 15) is 0 Å². The zero-order chi connectivity index (χ0) is 10.7. The van der Waals surface area contributed by atoms with E-state index in [2.05, 4.69) is 11.9 Å². The average molecular weight is 206 g/mol. The highest BCUT2D eigenvalue weighted by Gasteiger charge is 2.20. The summed E-state index contributed by atoms with van der Waals surface area (Å²) in [7, 11) is 2.16. The Hall–Kier alpha value is -1.22. The number of likely N-dealkylation sites (N-methyl/N-ethyl adjacent to an activating group) is 1. The molecule has 0 amide bonds. The fourth-order valence-electron chi connectivity index (χ4n) is 1.95. The van der Waals surface area contributed by atoms with Crippen LogP contribution in [-0.4, -0.2) is 31.1 Å². The Labute approximate surface area is 90.8 Å². The van der Waals surface area contributed by atoms with Crippen LogP contribution in [0.4, 0.5) is 5.69 Å². The minimum atomic E-state index is 0.572. The monoisotopic (exact) mass is 206 g/mol. The first kappa shape index (κ1) is 10.3. The summed E-state index contributed by atoms with van der Waals surface area (Å²) in [6.07, 6.45) is 2.53. The van der Waals surface area contributed by atoms with Crippen LogP contribution in [0.5, 0.6) is 5.75 Å². The molecule has 1 aromatic carbocycles. The van der Waals surface area contributed by atoms with Crippen molar-refractivity contribution >= 4 is 5.69 Å². The molecule has 15 heavy (non-hydrogen) atoms. The highest BCUT2D eigenvalue weighted by molar-refractivity contribution is 5.41. The highest BCUT2D eigenvalue weighted by Crippen LogP contribution is 2.18. The van der Waals surface area contributed by atoms with Crippen LogP contribution >= 0.6 is 0 Å². The summed E-state index contributed by atoms with van der Waals surface area (Å²) in [6.45, 7) is 1.97. The molecular formula is C12H18N2O. The normalized spacial score (nSPS) is 21.8. The molecule has 2 N–H and O–H groups in total. The van der Waals surface area contributed by atoms with Crippen molar-refractivity contribution in [3.05, 3.63) is 24.3 Å². The standard InChI is InChI=1S/C12H18N2O/c1-14-8-2-3-11(14)9-15-12-6-4-10(13)5-7-12/h4-7,11H,2-3,8-9,13H2,1H3/t11-/m0/s1. The third kappa shape index (κ3) is 2.63. The van der Waals surface area contributed by atoms with Crippen molar-refractivity contribution in [3.63, 3.8) is 0 Å². The molecule has 1 aliphatic heterocycles. The lowest BCUT2D eigenvalue weighted by Gasteiger charge is -2.19. The van der Waals surface area contributed by atoms with Gasteiger partial charge in [0.25, 0.3) is 0 Å². The van der Waals surface area contributed by atoms with Crippen LogP contribution < -0.4 is 10.5 Å². The van der Waals surface area contributed by atoms with Gasteiger partial charge in [0.15, 0.2) is 0 Å². The first-order valence-corrected chi connectivity index (χ1v) is 5.44. The number of hydrogen-bond acceptors (Lipinski definition) is 3. The number of nitrogen functional groups attached to an aromatic ring is 1. The highest BCUT2D eigenvalue weighted by atomic mass is 16.5. The van der Waals surface area contributed by atoms with Crippen molar-refractivity contribution in [3.8, 4) is 5.75 Å². The summed E-state index contributed by atoms with van der Waals surface area (Å²) in [5, 5.41) is 0. The number of nitrogens with zero attached hydrogens (tertiary/aromatic N) is 1. The molecule has 0 unspecified atom stereocenters. The average Bonchev–Trinajstić information content (AvgIpc) is 2.63. The third-order valence-corrected chi connectivity index (χ3v) is 2.99. The van der Waals surface area contributed by atoms with Crippen LogP contribution in [-0.2, 0) is 0 Å². The Kier molecular flexibility index (Phi) is 3.11. The molecule has 1 heterocycles. The zero-order valence-electron chi connectivity index (χ0n) is 9.15. The SMILES string of the molecule is CN1CCC[C@H]1COc1ccc(N)cc1. The molecule has 3 nitrogen and oxygen atoms in total. The quantitative estimate of drug-likeness (QED) is 0.766. The predicted octanol–water partition coefficient (Wildman–Crippen LogP) is 1.74. The van der Waals surface area contributed by atoms with Crippen molar-refractivity contribution in [2.24, 2.45) is 0 Å². The second-order valence-electron chi connectivity index (χ2n) is 4.16. The second kappa shape index (κ2) is 4.53. The smallest absolute Gasteiger partial charge is 0.119 e. The summed E-state index contributed by atoms with van der Waals surface area (Å²) in [6, 6.07) is 8.15. The molecule has 3 heteroatoms. The number of ether oxygens (including phenoxy) is 1. The van der Waals surface area contributed by atoms with Gasteiger partial charge in [-0.15, -0.1) is 0 Å². The molecule has 2 rings (SSSR count). The summed E-state index contributed by atoms with van der Waals surface area (Å²) in [5.41, 5.74) is 6.38. The van der Waals surface area contributed by atoms with E-state index >= 15 is 0 Å². The van der Waals surface area contributed by atoms with Gasteiger partial charge < -0.3 is 15.4 Å². The number of hydrogen-bond donors (Lipinski definition) is 1. The Morgan fingerprint density at radius 2 is 2.13 bits per heavy atom. The van der Waals surface area contributed by atoms with Crippen molar-refractivity contribution in [2.75, 3.05) is 25.9 Å². The lowest BCUT2D eigenvalue weighted by Crippen LogP contribution is -2.30. The van der Waals surface area contributed by atoms with Crippen LogP contribution in [0, 0.1) is 0 Å². The molecule has 0 radical (unpaired) electrons. The number of rotatable bonds is 3. The molecular weight excluding hydrogens is 188 g/mol. The van der Waals surface area contributed by atoms with Gasteiger partial charge in [0.05, 0.1) is 0 Å². The Bertz CT molecular complexity index is 310. The maximum Gasteiger partial charge on any atom is 0.119 e. The van der Waals surface area contributed by atoms with Crippen LogP contribution in [0.3, 0.4) is 0 Å². The second-order valence-corrected chi connectivity index (χ2v) is 4.16. The summed E-state index contributed by atoms with van der Waals surface area (Å²) < 4.78 is 5.72. The Morgan fingerprint density at radius 1 is 1.40 bits per heavy atom. The van der Waals surface area contributed by atoms with Crippen LogP contribution in [0.2, 0.25) is 0 Å². The molecule has 0 aromatic heterocycles. The molecule has 0 bridgehead atoms. The molecule has 1 aromatic rings. The van der Waals surface area contributed by atoms with Crippen molar-refractivity contribution in [1.82, 2.24) is 4.90 Å². The first-order chi connectivity index (χ1) is 7.25. The van der Waals surface area contributed by atoms with E-state index in [1.165, 1.54) is 19.4 Å². The van der Waals surface area contributed by atoms with Gasteiger partial charge in [0, 0.05) is 11.7 Å². The topological polar surface area (TPSA) is 38.5 Å². The van der Waals surface area contributed by atoms with Gasteiger partial charge in [-0.1, -0.05) is 0 Å². The maximum absolute atomic E-state index is 5.72. The Balaban J connectivity index is 1.85. The summed E-state index contributed by atoms with van der Waals surface area (Å²) in [4.78, 5) is 2.36. The van der Waals surface area contributed by atoms with Crippen LogP contribution in [0.1, 0.15) is 12.8 Å². The lowest BCUT2D eigenvalue weighted by molar-refractivity contribution is 0.198. The minimum absolute atomic E-state index is 0.572. The van der Waals surface area contributed by atoms with Crippen LogP contribution in [0.25, 0.3) is 0 Å². The molecule has 1 atom stereocenters. The number of likely N-dealkylation sites (tertiary alicyclic amines) is 1. The van der Waals surface area contributed by atoms with E-state index in [1.54, 1.807) is 0 Å². The van der Waals surface area contributed by atoms with E-state index < -0.39 is 0 Å². The molecule has 1 fully saturated rings. The number of nitrogens with two attached hydrogens (primary N) is 1. The minimum Gasteiger partial charge on any atom is -0.492 e. The van der Waals surface area contributed by atoms with Gasteiger partial charge in [-0.05, 0) is 50.7 Å². The van der Waals surface area contributed by atoms with Gasteiger partial charge in [0.1, 0.15) is 12.4 Å². The third-order valence-electron chi connectivity index (χ3n) is 2.99. The summed E-state index contributed by atoms with van der Waals surface area (Å²) >= 11 is 0. The number of benzene rings is 1. The van der Waals surface area contributed by atoms with E-state index in [0.29, 0.717) is 6.04 Å². The van der Waals surface area contributed by atoms with Crippen LogP contribution in [0.15, 0.2) is 24.3 Å². The first-order valence-electron chi connectivity index (χ1n) is 5.44. The molecule has 1 saturated heterocycles. The molecule has 0 spiro atoms. The molecule has 1 aliphatic rings. The lowest BCUT2D eigenvalue weighted by atomic mass is 10.2. The molecule has 0 aliphatic carbocycles. The largest absolute Gasteiger partial charge is 0.492 e. The van der Waals surface area contributed by atoms with E-state index in [4.69, 9.17) is 10.5 Å². The van der Waals surface area contributed by atoms with Gasteiger partial charge in [0.2, 0.25) is 0 Å². The van der Waals surface area contributed by atoms with E-state index in [-0.39, 0.29) is 0 Å². The zero-order valence-corrected chi connectivity index (χ0v) is 9.15. The fraction of sp³-hybridized carbons (Fsp3) is 0.500. The van der Waals surface area contributed by atoms with Crippen molar-refractivity contribution in [2.45, 2.75) is 18.9 Å². The number of anilines is 1. The summed E-state index contributed by atoms with van der Waals surface area (Å²) in [5.74, 6) is 0.907. The van der Waals surface area contributed by atoms with Gasteiger partial charge in [-0.25, -0.2) is 0 Å². The molecule has 0 saturated carbocycles. The van der Waals surface area contributed by atoms with Crippen molar-refractivity contribution < 1.29 is 4.74 Å². The molecule has 82 valence electrons. The fourth-order valence-corrected chi connectivity index (χ4v) is 1.95. The predicted molar refractivity (Wildman–Crippen MR) is 62.0 cm³/mol. The van der Waals surface area contributed by atoms with Gasteiger partial charge in [-0.2, -0.15) is 0 Å². The van der Waals surface area contributed by atoms with Gasteiger partial charge >= 0.3 is 0 Å². The maximum atomic E-state index is 5.72. The van der Waals surface area contributed by atoms with E-state index in [1.807, 2.05) is 24.3 Å².